The van der Waals surface area contributed by atoms with Gasteiger partial charge in [0.15, 0.2) is 11.4 Å². The number of ether oxygens (including phenoxy) is 3. The molecule has 2 aromatic heterocycles. The average molecular weight is 534 g/mol. The van der Waals surface area contributed by atoms with Crippen molar-refractivity contribution < 1.29 is 27.9 Å². The van der Waals surface area contributed by atoms with Crippen LogP contribution >= 0.6 is 0 Å². The van der Waals surface area contributed by atoms with E-state index < -0.39 is 42.0 Å². The molecule has 0 radical (unpaired) electrons. The van der Waals surface area contributed by atoms with E-state index in [4.69, 9.17) is 18.3 Å². The molecule has 0 aliphatic carbocycles. The van der Waals surface area contributed by atoms with E-state index in [1.165, 1.54) is 10.8 Å². The summed E-state index contributed by atoms with van der Waals surface area (Å²) in [6.45, 7) is 16.5. The van der Waals surface area contributed by atoms with E-state index in [1.54, 1.807) is 11.0 Å². The average Bonchev–Trinajstić information content (AvgIpc) is 3.33. The Bertz CT molecular complexity index is 1260. The molecule has 3 rings (SSSR count). The van der Waals surface area contributed by atoms with Crippen LogP contribution in [0.3, 0.4) is 0 Å². The second-order valence-electron chi connectivity index (χ2n) is 12.8. The summed E-state index contributed by atoms with van der Waals surface area (Å²) in [7, 11) is 0. The predicted molar refractivity (Wildman–Crippen MR) is 147 cm³/mol. The zero-order chi connectivity index (χ0) is 31.1. The van der Waals surface area contributed by atoms with Gasteiger partial charge < -0.3 is 18.8 Å². The quantitative estimate of drug-likeness (QED) is 0.397. The number of hydrogen-bond donors (Lipinski definition) is 0. The smallest absolute Gasteiger partial charge is 0.412 e. The van der Waals surface area contributed by atoms with Crippen molar-refractivity contribution in [2.45, 2.75) is 123 Å². The second kappa shape index (κ2) is 10.9. The number of ketones is 1. The first-order chi connectivity index (χ1) is 18.6. The fraction of sp³-hybridized carbons (Fsp3) is 0.724. The molecule has 0 aromatic carbocycles. The van der Waals surface area contributed by atoms with Crippen LogP contribution in [0.1, 0.15) is 109 Å². The first kappa shape index (κ1) is 25.7. The van der Waals surface area contributed by atoms with Crippen LogP contribution in [-0.4, -0.2) is 67.5 Å². The molecule has 1 unspecified atom stereocenters. The van der Waals surface area contributed by atoms with Crippen LogP contribution in [0.5, 0.6) is 0 Å². The van der Waals surface area contributed by atoms with Crippen LogP contribution < -0.4 is 0 Å². The Kier molecular flexibility index (Phi) is 7.40. The van der Waals surface area contributed by atoms with Gasteiger partial charge in [0.05, 0.1) is 31.1 Å². The molecular weight excluding hydrogens is 484 g/mol. The maximum atomic E-state index is 13.2. The third kappa shape index (κ3) is 6.91. The van der Waals surface area contributed by atoms with Crippen molar-refractivity contribution in [3.8, 4) is 0 Å². The SMILES string of the molecule is [2H]C([2H])([2H])n1c(C(C)(C)C)cc2ncc(C(=O)CCCC(OC(C)C)[C@@H]3COC(C)(C)N3C(=O)OC(C)(C)C)nc21. The van der Waals surface area contributed by atoms with Crippen LogP contribution in [-0.2, 0) is 26.6 Å². The number of fused-ring (bicyclic) bond motifs is 1. The van der Waals surface area contributed by atoms with Gasteiger partial charge in [0.25, 0.3) is 0 Å². The predicted octanol–water partition coefficient (Wildman–Crippen LogP) is 5.78. The van der Waals surface area contributed by atoms with Gasteiger partial charge in [-0.05, 0) is 67.4 Å². The van der Waals surface area contributed by atoms with E-state index >= 15 is 0 Å². The third-order valence-corrected chi connectivity index (χ3v) is 6.44. The molecule has 0 bridgehead atoms. The van der Waals surface area contributed by atoms with Gasteiger partial charge in [0.1, 0.15) is 22.5 Å². The van der Waals surface area contributed by atoms with Crippen LogP contribution in [0.4, 0.5) is 4.79 Å². The summed E-state index contributed by atoms with van der Waals surface area (Å²) >= 11 is 0. The Morgan fingerprint density at radius 1 is 1.24 bits per heavy atom. The Hall–Kier alpha value is -2.52. The molecule has 0 spiro atoms. The van der Waals surface area contributed by atoms with Crippen molar-refractivity contribution in [1.29, 1.82) is 0 Å². The highest BCUT2D eigenvalue weighted by molar-refractivity contribution is 5.95. The van der Waals surface area contributed by atoms with Crippen LogP contribution in [0, 0.1) is 0 Å². The molecule has 0 N–H and O–H groups in total. The number of rotatable bonds is 8. The number of carbonyl (C=O) groups excluding carboxylic acids is 2. The van der Waals surface area contributed by atoms with Crippen molar-refractivity contribution in [2.75, 3.05) is 6.61 Å². The highest BCUT2D eigenvalue weighted by atomic mass is 16.6. The molecule has 38 heavy (non-hydrogen) atoms. The van der Waals surface area contributed by atoms with E-state index in [2.05, 4.69) is 9.97 Å². The lowest BCUT2D eigenvalue weighted by molar-refractivity contribution is -0.0795. The van der Waals surface area contributed by atoms with Gasteiger partial charge in [0, 0.05) is 28.6 Å². The van der Waals surface area contributed by atoms with Crippen LogP contribution in [0.15, 0.2) is 12.3 Å². The first-order valence-electron chi connectivity index (χ1n) is 14.9. The third-order valence-electron chi connectivity index (χ3n) is 6.44. The maximum Gasteiger partial charge on any atom is 0.412 e. The highest BCUT2D eigenvalue weighted by Gasteiger charge is 2.49. The van der Waals surface area contributed by atoms with Crippen molar-refractivity contribution in [3.05, 3.63) is 23.7 Å². The molecule has 1 fully saturated rings. The zero-order valence-electron chi connectivity index (χ0n) is 27.5. The molecule has 1 saturated heterocycles. The normalized spacial score (nSPS) is 20.3. The van der Waals surface area contributed by atoms with Gasteiger partial charge >= 0.3 is 6.09 Å². The standard InChI is InChI=1S/C29H46N4O5/c1-18(2)37-23(21-17-36-29(9,10)33(21)26(35)38-28(6,7)8)14-12-13-22(34)20-16-30-19-15-24(27(3,4)5)32(11)25(19)31-20/h15-16,18,21,23H,12-14,17H2,1-11H3/t21-,23?/m0/s1/i11D3. The molecule has 3 heterocycles. The summed E-state index contributed by atoms with van der Waals surface area (Å²) in [5.74, 6) is -0.245. The number of aryl methyl sites for hydroxylation is 1. The molecule has 212 valence electrons. The lowest BCUT2D eigenvalue weighted by Crippen LogP contribution is -2.54. The summed E-state index contributed by atoms with van der Waals surface area (Å²) in [6.07, 6.45) is 1.52. The highest BCUT2D eigenvalue weighted by Crippen LogP contribution is 2.34. The van der Waals surface area contributed by atoms with Crippen molar-refractivity contribution in [1.82, 2.24) is 19.4 Å². The number of Topliss-reactive ketones (excluding diaryl/α,β-unsaturated/α-hetero) is 1. The summed E-state index contributed by atoms with van der Waals surface area (Å²) < 4.78 is 43.3. The van der Waals surface area contributed by atoms with Crippen molar-refractivity contribution in [3.63, 3.8) is 0 Å². The number of carbonyl (C=O) groups is 2. The summed E-state index contributed by atoms with van der Waals surface area (Å²) in [5.41, 5.74) is -0.727. The van der Waals surface area contributed by atoms with E-state index in [-0.39, 0.29) is 36.3 Å². The Balaban J connectivity index is 1.80. The number of hydrogen-bond acceptors (Lipinski definition) is 7. The Labute approximate surface area is 231 Å². The van der Waals surface area contributed by atoms with E-state index in [0.717, 1.165) is 0 Å². The monoisotopic (exact) mass is 533 g/mol. The number of amides is 1. The van der Waals surface area contributed by atoms with E-state index in [0.29, 0.717) is 24.1 Å². The molecule has 1 aliphatic rings. The second-order valence-corrected chi connectivity index (χ2v) is 12.8. The van der Waals surface area contributed by atoms with Gasteiger partial charge in [-0.15, -0.1) is 0 Å². The molecule has 1 amide bonds. The Morgan fingerprint density at radius 3 is 2.50 bits per heavy atom. The maximum absolute atomic E-state index is 13.2. The molecule has 9 heteroatoms. The molecular formula is C29H46N4O5. The first-order valence-corrected chi connectivity index (χ1v) is 13.4. The summed E-state index contributed by atoms with van der Waals surface area (Å²) in [5, 5.41) is 0. The lowest BCUT2D eigenvalue weighted by Gasteiger charge is -2.38. The minimum atomic E-state index is -2.47. The number of aromatic nitrogens is 3. The number of nitrogens with zero attached hydrogens (tertiary/aromatic N) is 4. The molecule has 1 aliphatic heterocycles. The largest absolute Gasteiger partial charge is 0.444 e. The minimum Gasteiger partial charge on any atom is -0.444 e. The van der Waals surface area contributed by atoms with Gasteiger partial charge in [-0.25, -0.2) is 9.78 Å². The van der Waals surface area contributed by atoms with Crippen molar-refractivity contribution in [2.24, 2.45) is 6.98 Å². The fourth-order valence-electron chi connectivity index (χ4n) is 4.71. The van der Waals surface area contributed by atoms with Gasteiger partial charge in [-0.2, -0.15) is 0 Å². The fourth-order valence-corrected chi connectivity index (χ4v) is 4.71. The topological polar surface area (TPSA) is 95.8 Å². The molecule has 0 saturated carbocycles. The van der Waals surface area contributed by atoms with E-state index in [1.807, 2.05) is 69.2 Å². The van der Waals surface area contributed by atoms with Gasteiger partial charge in [0.2, 0.25) is 0 Å². The summed E-state index contributed by atoms with van der Waals surface area (Å²) in [4.78, 5) is 36.8. The molecule has 9 nitrogen and oxygen atoms in total. The lowest BCUT2D eigenvalue weighted by atomic mass is 9.92. The molecule has 2 aromatic rings. The molecule has 2 atom stereocenters. The van der Waals surface area contributed by atoms with E-state index in [9.17, 15) is 9.59 Å². The minimum absolute atomic E-state index is 0.113. The van der Waals surface area contributed by atoms with Crippen LogP contribution in [0.25, 0.3) is 11.2 Å². The zero-order valence-corrected chi connectivity index (χ0v) is 24.5. The van der Waals surface area contributed by atoms with Gasteiger partial charge in [-0.1, -0.05) is 20.8 Å². The van der Waals surface area contributed by atoms with Crippen LogP contribution in [0.2, 0.25) is 0 Å². The Morgan fingerprint density at radius 2 is 1.92 bits per heavy atom. The van der Waals surface area contributed by atoms with Gasteiger partial charge in [-0.3, -0.25) is 14.7 Å². The summed E-state index contributed by atoms with van der Waals surface area (Å²) in [6, 6.07) is 1.32. The van der Waals surface area contributed by atoms with Crippen molar-refractivity contribution >= 4 is 23.0 Å².